The van der Waals surface area contributed by atoms with Crippen LogP contribution in [0.5, 0.6) is 0 Å². The molecule has 0 saturated heterocycles. The van der Waals surface area contributed by atoms with Crippen molar-refractivity contribution in [2.75, 3.05) is 4.72 Å². The number of hydrogen-bond acceptors (Lipinski definition) is 6. The van der Waals surface area contributed by atoms with Gasteiger partial charge in [0.25, 0.3) is 15.9 Å². The van der Waals surface area contributed by atoms with Crippen LogP contribution in [0.1, 0.15) is 29.2 Å². The summed E-state index contributed by atoms with van der Waals surface area (Å²) in [5.74, 6) is 0.319. The minimum Gasteiger partial charge on any atom is -0.341 e. The van der Waals surface area contributed by atoms with E-state index in [0.29, 0.717) is 27.7 Å². The van der Waals surface area contributed by atoms with Gasteiger partial charge < -0.3 is 9.84 Å². The number of carbonyl (C=O) groups is 1. The van der Waals surface area contributed by atoms with E-state index in [9.17, 15) is 13.2 Å². The highest BCUT2D eigenvalue weighted by Crippen LogP contribution is 2.23. The van der Waals surface area contributed by atoms with Gasteiger partial charge in [0, 0.05) is 21.8 Å². The number of carbonyl (C=O) groups excluding carboxylic acids is 1. The summed E-state index contributed by atoms with van der Waals surface area (Å²) < 4.78 is 32.8. The molecule has 0 spiro atoms. The Morgan fingerprint density at radius 1 is 0.970 bits per heavy atom. The fourth-order valence-electron chi connectivity index (χ4n) is 2.97. The van der Waals surface area contributed by atoms with Crippen molar-refractivity contribution in [3.05, 3.63) is 95.3 Å². The van der Waals surface area contributed by atoms with Gasteiger partial charge in [-0.3, -0.25) is 9.52 Å². The van der Waals surface area contributed by atoms with E-state index in [1.807, 2.05) is 6.07 Å². The number of nitrogens with zero attached hydrogens (tertiary/aromatic N) is 2. The lowest BCUT2D eigenvalue weighted by atomic mass is 10.2. The molecule has 1 heterocycles. The van der Waals surface area contributed by atoms with Crippen LogP contribution in [-0.2, 0) is 10.0 Å². The second kappa shape index (κ2) is 9.43. The van der Waals surface area contributed by atoms with Crippen LogP contribution in [0.25, 0.3) is 11.4 Å². The summed E-state index contributed by atoms with van der Waals surface area (Å²) in [6.45, 7) is 1.74. The molecule has 0 aliphatic rings. The Hall–Kier alpha value is -3.69. The van der Waals surface area contributed by atoms with Crippen LogP contribution in [0.4, 0.5) is 5.69 Å². The maximum absolute atomic E-state index is 12.5. The molecule has 0 saturated carbocycles. The molecular formula is C23H19ClN4O4S. The molecule has 10 heteroatoms. The molecule has 1 aromatic heterocycles. The Kier molecular flexibility index (Phi) is 6.43. The molecule has 1 atom stereocenters. The molecule has 4 rings (SSSR count). The number of anilines is 1. The first-order valence-electron chi connectivity index (χ1n) is 9.90. The van der Waals surface area contributed by atoms with Crippen molar-refractivity contribution in [3.8, 4) is 11.4 Å². The van der Waals surface area contributed by atoms with Gasteiger partial charge in [-0.25, -0.2) is 8.42 Å². The zero-order valence-electron chi connectivity index (χ0n) is 17.4. The second-order valence-corrected chi connectivity index (χ2v) is 9.27. The molecule has 1 amide bonds. The molecule has 0 bridgehead atoms. The van der Waals surface area contributed by atoms with Gasteiger partial charge in [-0.1, -0.05) is 35.0 Å². The number of nitrogens with one attached hydrogen (secondary N) is 2. The summed E-state index contributed by atoms with van der Waals surface area (Å²) in [6, 6.07) is 20.7. The molecule has 0 aliphatic heterocycles. The van der Waals surface area contributed by atoms with Crippen LogP contribution in [0.2, 0.25) is 5.02 Å². The summed E-state index contributed by atoms with van der Waals surface area (Å²) in [7, 11) is -3.75. The average Bonchev–Trinajstić information content (AvgIpc) is 3.31. The van der Waals surface area contributed by atoms with Crippen LogP contribution in [0.3, 0.4) is 0 Å². The fraction of sp³-hybridized carbons (Fsp3) is 0.0870. The number of hydrogen-bond donors (Lipinski definition) is 2. The molecule has 0 radical (unpaired) electrons. The van der Waals surface area contributed by atoms with Crippen LogP contribution in [0.15, 0.2) is 88.3 Å². The number of rotatable bonds is 7. The Balaban J connectivity index is 1.43. The third kappa shape index (κ3) is 5.39. The molecule has 0 aliphatic carbocycles. The number of amides is 1. The summed E-state index contributed by atoms with van der Waals surface area (Å²) in [5.41, 5.74) is 1.53. The van der Waals surface area contributed by atoms with Gasteiger partial charge in [0.05, 0.1) is 4.90 Å². The molecule has 2 N–H and O–H groups in total. The Morgan fingerprint density at radius 3 is 2.30 bits per heavy atom. The molecule has 168 valence electrons. The monoisotopic (exact) mass is 482 g/mol. The summed E-state index contributed by atoms with van der Waals surface area (Å²) in [6.07, 6.45) is 0. The van der Waals surface area contributed by atoms with Gasteiger partial charge in [-0.2, -0.15) is 4.98 Å². The Bertz CT molecular complexity index is 1360. The Labute approximate surface area is 195 Å². The highest BCUT2D eigenvalue weighted by atomic mass is 35.5. The maximum atomic E-state index is 12.5. The molecular weight excluding hydrogens is 464 g/mol. The zero-order valence-corrected chi connectivity index (χ0v) is 19.0. The largest absolute Gasteiger partial charge is 0.341 e. The van der Waals surface area contributed by atoms with E-state index in [4.69, 9.17) is 16.1 Å². The lowest BCUT2D eigenvalue weighted by molar-refractivity contribution is 0.0932. The van der Waals surface area contributed by atoms with Gasteiger partial charge in [0.2, 0.25) is 11.7 Å². The molecule has 0 unspecified atom stereocenters. The molecule has 33 heavy (non-hydrogen) atoms. The first kappa shape index (κ1) is 22.5. The van der Waals surface area contributed by atoms with Crippen molar-refractivity contribution in [1.82, 2.24) is 15.5 Å². The van der Waals surface area contributed by atoms with Crippen LogP contribution in [0, 0.1) is 0 Å². The van der Waals surface area contributed by atoms with E-state index in [-0.39, 0.29) is 16.7 Å². The number of aromatic nitrogens is 2. The topological polar surface area (TPSA) is 114 Å². The summed E-state index contributed by atoms with van der Waals surface area (Å²) >= 11 is 5.82. The van der Waals surface area contributed by atoms with Gasteiger partial charge in [0.15, 0.2) is 0 Å². The van der Waals surface area contributed by atoms with Gasteiger partial charge in [-0.05, 0) is 67.6 Å². The lowest BCUT2D eigenvalue weighted by Gasteiger charge is -2.09. The third-order valence-electron chi connectivity index (χ3n) is 4.71. The molecule has 4 aromatic rings. The van der Waals surface area contributed by atoms with Crippen LogP contribution >= 0.6 is 11.6 Å². The third-order valence-corrected chi connectivity index (χ3v) is 6.36. The smallest absolute Gasteiger partial charge is 0.261 e. The van der Waals surface area contributed by atoms with Gasteiger partial charge in [-0.15, -0.1) is 0 Å². The maximum Gasteiger partial charge on any atom is 0.261 e. The highest BCUT2D eigenvalue weighted by Gasteiger charge is 2.19. The first-order chi connectivity index (χ1) is 15.8. The predicted molar refractivity (Wildman–Crippen MR) is 124 cm³/mol. The van der Waals surface area contributed by atoms with E-state index in [2.05, 4.69) is 20.2 Å². The van der Waals surface area contributed by atoms with Gasteiger partial charge >= 0.3 is 0 Å². The number of sulfonamides is 1. The SMILES string of the molecule is C[C@H](NC(=O)c1ccccc1)c1nc(-c2ccc(NS(=O)(=O)c3ccc(Cl)cc3)cc2)no1. The van der Waals surface area contributed by atoms with Crippen molar-refractivity contribution in [1.29, 1.82) is 0 Å². The van der Waals surface area contributed by atoms with E-state index in [0.717, 1.165) is 0 Å². The van der Waals surface area contributed by atoms with Crippen LogP contribution < -0.4 is 10.0 Å². The van der Waals surface area contributed by atoms with E-state index in [1.165, 1.54) is 24.3 Å². The predicted octanol–water partition coefficient (Wildman–Crippen LogP) is 4.68. The average molecular weight is 483 g/mol. The van der Waals surface area contributed by atoms with Crippen molar-refractivity contribution >= 4 is 33.2 Å². The fourth-order valence-corrected chi connectivity index (χ4v) is 4.16. The number of benzene rings is 3. The lowest BCUT2D eigenvalue weighted by Crippen LogP contribution is -2.26. The highest BCUT2D eigenvalue weighted by molar-refractivity contribution is 7.92. The van der Waals surface area contributed by atoms with E-state index in [1.54, 1.807) is 55.5 Å². The first-order valence-corrected chi connectivity index (χ1v) is 11.8. The van der Waals surface area contributed by atoms with Crippen LogP contribution in [-0.4, -0.2) is 24.5 Å². The number of halogens is 1. The van der Waals surface area contributed by atoms with Gasteiger partial charge in [0.1, 0.15) is 6.04 Å². The normalized spacial score (nSPS) is 12.2. The molecule has 0 fully saturated rings. The summed E-state index contributed by atoms with van der Waals surface area (Å²) in [5, 5.41) is 7.22. The second-order valence-electron chi connectivity index (χ2n) is 7.15. The molecule has 8 nitrogen and oxygen atoms in total. The Morgan fingerprint density at radius 2 is 1.64 bits per heavy atom. The van der Waals surface area contributed by atoms with E-state index >= 15 is 0 Å². The standard InChI is InChI=1S/C23H19ClN4O4S/c1-15(25-22(29)17-5-3-2-4-6-17)23-26-21(27-32-23)16-7-11-19(12-8-16)28-33(30,31)20-13-9-18(24)10-14-20/h2-15,28H,1H3,(H,25,29)/t15-/m0/s1. The summed E-state index contributed by atoms with van der Waals surface area (Å²) in [4.78, 5) is 16.8. The minimum absolute atomic E-state index is 0.102. The van der Waals surface area contributed by atoms with E-state index < -0.39 is 16.1 Å². The van der Waals surface area contributed by atoms with Crippen molar-refractivity contribution < 1.29 is 17.7 Å². The molecule has 3 aromatic carbocycles. The quantitative estimate of drug-likeness (QED) is 0.395. The van der Waals surface area contributed by atoms with Crippen molar-refractivity contribution in [2.45, 2.75) is 17.9 Å². The minimum atomic E-state index is -3.75. The van der Waals surface area contributed by atoms with Crippen molar-refractivity contribution in [3.63, 3.8) is 0 Å². The van der Waals surface area contributed by atoms with Crippen molar-refractivity contribution in [2.24, 2.45) is 0 Å². The zero-order chi connectivity index (χ0) is 23.4.